The Morgan fingerprint density at radius 2 is 1.68 bits per heavy atom. The average Bonchev–Trinajstić information content (AvgIpc) is 3.35. The smallest absolute Gasteiger partial charge is 0.261 e. The highest BCUT2D eigenvalue weighted by molar-refractivity contribution is 7.99. The molecular weight excluding hydrogens is 472 g/mol. The van der Waals surface area contributed by atoms with E-state index in [-0.39, 0.29) is 16.3 Å². The second-order valence-corrected chi connectivity index (χ2v) is 9.60. The van der Waals surface area contributed by atoms with Crippen molar-refractivity contribution in [3.8, 4) is 17.2 Å². The molecule has 34 heavy (non-hydrogen) atoms. The number of nitrogens with zero attached hydrogens (tertiary/aromatic N) is 2. The number of para-hydroxylation sites is 1. The van der Waals surface area contributed by atoms with Gasteiger partial charge < -0.3 is 9.84 Å². The van der Waals surface area contributed by atoms with Gasteiger partial charge in [-0.05, 0) is 54.2 Å². The fourth-order valence-electron chi connectivity index (χ4n) is 3.13. The van der Waals surface area contributed by atoms with Crippen LogP contribution in [0.1, 0.15) is 11.1 Å². The highest BCUT2D eigenvalue weighted by Gasteiger charge is 2.21. The lowest BCUT2D eigenvalue weighted by Crippen LogP contribution is -2.14. The first-order valence-electron chi connectivity index (χ1n) is 9.95. The van der Waals surface area contributed by atoms with E-state index in [0.29, 0.717) is 32.7 Å². The van der Waals surface area contributed by atoms with E-state index in [1.54, 1.807) is 24.3 Å². The number of aromatic hydroxyl groups is 1. The third-order valence-electron chi connectivity index (χ3n) is 4.71. The molecule has 3 N–H and O–H groups in total. The monoisotopic (exact) mass is 492 g/mol. The molecule has 0 bridgehead atoms. The van der Waals surface area contributed by atoms with Crippen LogP contribution in [0, 0.1) is 0 Å². The minimum Gasteiger partial charge on any atom is -0.506 e. The number of rotatable bonds is 9. The molecule has 4 rings (SSSR count). The lowest BCUT2D eigenvalue weighted by Gasteiger charge is -2.16. The van der Waals surface area contributed by atoms with Crippen LogP contribution >= 0.6 is 11.8 Å². The summed E-state index contributed by atoms with van der Waals surface area (Å²) in [6.45, 7) is 7.49. The Hall–Kier alpha value is -4.02. The van der Waals surface area contributed by atoms with Crippen LogP contribution in [0.3, 0.4) is 0 Å². The van der Waals surface area contributed by atoms with Crippen LogP contribution in [0.2, 0.25) is 0 Å². The SMILES string of the molecule is C=Cc1c(NS(=O)(=O)c2ccc(Oc3ccccc3)cc2)cc(Sc2ncn[nH]2)c(O)c1C=C. The predicted molar refractivity (Wildman–Crippen MR) is 133 cm³/mol. The van der Waals surface area contributed by atoms with Gasteiger partial charge in [0.25, 0.3) is 10.0 Å². The second-order valence-electron chi connectivity index (χ2n) is 6.89. The Bertz CT molecular complexity index is 1420. The van der Waals surface area contributed by atoms with Crippen molar-refractivity contribution in [3.63, 3.8) is 0 Å². The van der Waals surface area contributed by atoms with Gasteiger partial charge in [-0.2, -0.15) is 5.10 Å². The maximum atomic E-state index is 13.1. The molecule has 0 aliphatic rings. The quantitative estimate of drug-likeness (QED) is 0.263. The van der Waals surface area contributed by atoms with Gasteiger partial charge in [0.2, 0.25) is 0 Å². The Labute approximate surface area is 201 Å². The van der Waals surface area contributed by atoms with Crippen LogP contribution in [0.4, 0.5) is 5.69 Å². The number of aromatic nitrogens is 3. The van der Waals surface area contributed by atoms with E-state index in [0.717, 1.165) is 11.8 Å². The summed E-state index contributed by atoms with van der Waals surface area (Å²) < 4.78 is 34.6. The van der Waals surface area contributed by atoms with Crippen LogP contribution in [0.15, 0.2) is 95.1 Å². The van der Waals surface area contributed by atoms with Crippen molar-refractivity contribution in [2.75, 3.05) is 4.72 Å². The number of H-pyrrole nitrogens is 1. The Morgan fingerprint density at radius 1 is 1.00 bits per heavy atom. The first-order valence-corrected chi connectivity index (χ1v) is 12.2. The van der Waals surface area contributed by atoms with Gasteiger partial charge in [-0.15, -0.1) is 0 Å². The lowest BCUT2D eigenvalue weighted by molar-refractivity contribution is 0.461. The van der Waals surface area contributed by atoms with Crippen LogP contribution in [-0.2, 0) is 10.0 Å². The number of hydrogen-bond acceptors (Lipinski definition) is 7. The van der Waals surface area contributed by atoms with E-state index in [1.165, 1.54) is 36.7 Å². The first-order chi connectivity index (χ1) is 16.4. The molecule has 0 fully saturated rings. The molecule has 0 radical (unpaired) electrons. The number of sulfonamides is 1. The van der Waals surface area contributed by atoms with Crippen molar-refractivity contribution in [2.24, 2.45) is 0 Å². The van der Waals surface area contributed by atoms with E-state index in [2.05, 4.69) is 33.1 Å². The minimum atomic E-state index is -3.97. The number of benzene rings is 3. The number of aromatic amines is 1. The maximum absolute atomic E-state index is 13.1. The molecule has 172 valence electrons. The van der Waals surface area contributed by atoms with Crippen molar-refractivity contribution in [1.82, 2.24) is 15.2 Å². The molecule has 0 unspecified atom stereocenters. The second kappa shape index (κ2) is 9.86. The Balaban J connectivity index is 1.65. The number of phenols is 1. The number of phenolic OH excluding ortho intramolecular Hbond substituents is 1. The summed E-state index contributed by atoms with van der Waals surface area (Å²) in [4.78, 5) is 4.43. The van der Waals surface area contributed by atoms with Crippen molar-refractivity contribution >= 4 is 39.6 Å². The first kappa shape index (κ1) is 23.1. The zero-order valence-corrected chi connectivity index (χ0v) is 19.4. The van der Waals surface area contributed by atoms with Crippen molar-refractivity contribution < 1.29 is 18.3 Å². The lowest BCUT2D eigenvalue weighted by atomic mass is 10.0. The molecule has 3 aromatic carbocycles. The fourth-order valence-corrected chi connectivity index (χ4v) is 4.99. The topological polar surface area (TPSA) is 117 Å². The summed E-state index contributed by atoms with van der Waals surface area (Å²) in [5, 5.41) is 17.6. The van der Waals surface area contributed by atoms with Crippen LogP contribution in [0.5, 0.6) is 17.2 Å². The van der Waals surface area contributed by atoms with Gasteiger partial charge in [0.05, 0.1) is 15.5 Å². The largest absolute Gasteiger partial charge is 0.506 e. The van der Waals surface area contributed by atoms with Crippen molar-refractivity contribution in [2.45, 2.75) is 14.9 Å². The van der Waals surface area contributed by atoms with Gasteiger partial charge in [-0.3, -0.25) is 9.82 Å². The molecule has 0 atom stereocenters. The molecule has 0 amide bonds. The summed E-state index contributed by atoms with van der Waals surface area (Å²) in [5.41, 5.74) is 0.958. The Kier molecular flexibility index (Phi) is 6.71. The molecule has 0 aliphatic heterocycles. The normalized spacial score (nSPS) is 11.1. The summed E-state index contributed by atoms with van der Waals surface area (Å²) in [7, 11) is -3.97. The molecule has 4 aromatic rings. The average molecular weight is 493 g/mol. The number of nitrogens with one attached hydrogen (secondary N) is 2. The highest BCUT2D eigenvalue weighted by atomic mass is 32.2. The summed E-state index contributed by atoms with van der Waals surface area (Å²) in [6, 6.07) is 16.7. The number of hydrogen-bond donors (Lipinski definition) is 3. The summed E-state index contributed by atoms with van der Waals surface area (Å²) in [5.74, 6) is 1.07. The zero-order chi connectivity index (χ0) is 24.1. The van der Waals surface area contributed by atoms with E-state index in [4.69, 9.17) is 4.74 Å². The number of anilines is 1. The van der Waals surface area contributed by atoms with Crippen LogP contribution in [0.25, 0.3) is 12.2 Å². The zero-order valence-electron chi connectivity index (χ0n) is 17.8. The third-order valence-corrected chi connectivity index (χ3v) is 7.01. The molecule has 8 nitrogen and oxygen atoms in total. The van der Waals surface area contributed by atoms with E-state index in [1.807, 2.05) is 18.2 Å². The van der Waals surface area contributed by atoms with Gasteiger partial charge in [0.15, 0.2) is 5.16 Å². The van der Waals surface area contributed by atoms with Crippen LogP contribution in [-0.4, -0.2) is 28.7 Å². The molecule has 10 heteroatoms. The molecular formula is C24H20N4O4S2. The number of ether oxygens (including phenoxy) is 1. The molecule has 1 heterocycles. The molecule has 1 aromatic heterocycles. The molecule has 0 saturated carbocycles. The molecule has 0 saturated heterocycles. The minimum absolute atomic E-state index is 0.0422. The van der Waals surface area contributed by atoms with Gasteiger partial charge in [0.1, 0.15) is 23.6 Å². The maximum Gasteiger partial charge on any atom is 0.261 e. The van der Waals surface area contributed by atoms with E-state index in [9.17, 15) is 13.5 Å². The van der Waals surface area contributed by atoms with Crippen molar-refractivity contribution in [3.05, 3.63) is 91.3 Å². The van der Waals surface area contributed by atoms with Gasteiger partial charge in [0, 0.05) is 11.1 Å². The summed E-state index contributed by atoms with van der Waals surface area (Å²) in [6.07, 6.45) is 4.22. The molecule has 0 aliphatic carbocycles. The third kappa shape index (κ3) is 4.98. The van der Waals surface area contributed by atoms with Gasteiger partial charge in [-0.1, -0.05) is 43.5 Å². The molecule has 0 spiro atoms. The van der Waals surface area contributed by atoms with Crippen molar-refractivity contribution in [1.29, 1.82) is 0 Å². The van der Waals surface area contributed by atoms with Gasteiger partial charge >= 0.3 is 0 Å². The summed E-state index contributed by atoms with van der Waals surface area (Å²) >= 11 is 1.10. The van der Waals surface area contributed by atoms with E-state index >= 15 is 0 Å². The highest BCUT2D eigenvalue weighted by Crippen LogP contribution is 2.41. The predicted octanol–water partition coefficient (Wildman–Crippen LogP) is 5.54. The Morgan fingerprint density at radius 3 is 2.29 bits per heavy atom. The van der Waals surface area contributed by atoms with Crippen LogP contribution < -0.4 is 9.46 Å². The van der Waals surface area contributed by atoms with Gasteiger partial charge in [-0.25, -0.2) is 13.4 Å². The fraction of sp³-hybridized carbons (Fsp3) is 0. The van der Waals surface area contributed by atoms with E-state index < -0.39 is 10.0 Å². The standard InChI is InChI=1S/C24H20N4O4S2/c1-3-19-20(4-2)23(29)22(33-24-25-15-26-27-24)14-21(19)28-34(30,31)18-12-10-17(11-13-18)32-16-8-6-5-7-9-16/h3-15,28-29H,1-2H2,(H,25,26,27).